The molecule has 1 amide bonds. The summed E-state index contributed by atoms with van der Waals surface area (Å²) in [6.45, 7) is 14.4. The van der Waals surface area contributed by atoms with E-state index in [0.717, 1.165) is 45.0 Å². The molecule has 1 fully saturated rings. The molecule has 7 nitrogen and oxygen atoms in total. The Labute approximate surface area is 174 Å². The van der Waals surface area contributed by atoms with Gasteiger partial charge < -0.3 is 24.6 Å². The molecule has 1 atom stereocenters. The third-order valence-electron chi connectivity index (χ3n) is 4.16. The summed E-state index contributed by atoms with van der Waals surface area (Å²) in [6.07, 6.45) is 2.19. The smallest absolute Gasteiger partial charge is 0.410 e. The quantitative estimate of drug-likeness (QED) is 0.466. The molecule has 0 aromatic heterocycles. The number of hydrogen-bond acceptors (Lipinski definition) is 6. The maximum Gasteiger partial charge on any atom is 0.410 e. The van der Waals surface area contributed by atoms with E-state index in [0.29, 0.717) is 19.2 Å². The van der Waals surface area contributed by atoms with Gasteiger partial charge >= 0.3 is 6.09 Å². The lowest BCUT2D eigenvalue weighted by molar-refractivity contribution is 0.0137. The Balaban J connectivity index is 0.00000338. The first-order valence-electron chi connectivity index (χ1n) is 9.41. The molecule has 152 valence electrons. The Morgan fingerprint density at radius 3 is 2.69 bits per heavy atom. The maximum atomic E-state index is 12.2. The Kier molecular flexibility index (Phi) is 9.43. The highest BCUT2D eigenvalue weighted by molar-refractivity contribution is 14.0. The van der Waals surface area contributed by atoms with Gasteiger partial charge in [0.2, 0.25) is 0 Å². The summed E-state index contributed by atoms with van der Waals surface area (Å²) in [4.78, 5) is 20.9. The number of ether oxygens (including phenoxy) is 2. The van der Waals surface area contributed by atoms with Crippen LogP contribution in [0.2, 0.25) is 0 Å². The van der Waals surface area contributed by atoms with E-state index in [2.05, 4.69) is 29.1 Å². The molecule has 0 bridgehead atoms. The van der Waals surface area contributed by atoms with Crippen LogP contribution in [0.1, 0.15) is 47.5 Å². The monoisotopic (exact) mass is 482 g/mol. The maximum absolute atomic E-state index is 12.2. The van der Waals surface area contributed by atoms with Crippen molar-refractivity contribution in [2.75, 3.05) is 39.3 Å². The van der Waals surface area contributed by atoms with Gasteiger partial charge in [-0.05, 0) is 47.5 Å². The molecular formula is C18H35IN4O3. The van der Waals surface area contributed by atoms with Crippen LogP contribution in [0.3, 0.4) is 0 Å². The van der Waals surface area contributed by atoms with E-state index in [4.69, 9.17) is 9.47 Å². The SMILES string of the molecule is CC(C)OCCCCNC1=NCC2CN(C(=O)OC(C)(C)C)CCN12.I. The Morgan fingerprint density at radius 1 is 1.31 bits per heavy atom. The van der Waals surface area contributed by atoms with Crippen molar-refractivity contribution in [2.45, 2.75) is 65.2 Å². The number of guanidine groups is 1. The van der Waals surface area contributed by atoms with E-state index in [9.17, 15) is 4.79 Å². The molecule has 2 aliphatic rings. The molecule has 0 aliphatic carbocycles. The van der Waals surface area contributed by atoms with Crippen molar-refractivity contribution in [3.05, 3.63) is 0 Å². The van der Waals surface area contributed by atoms with Crippen molar-refractivity contribution in [3.8, 4) is 0 Å². The zero-order valence-corrected chi connectivity index (χ0v) is 19.1. The molecule has 0 aromatic carbocycles. The molecule has 1 N–H and O–H groups in total. The number of carbonyl (C=O) groups excluding carboxylic acids is 1. The average molecular weight is 482 g/mol. The van der Waals surface area contributed by atoms with E-state index in [1.54, 1.807) is 4.90 Å². The van der Waals surface area contributed by atoms with Crippen LogP contribution in [0, 0.1) is 0 Å². The first-order chi connectivity index (χ1) is 11.8. The lowest BCUT2D eigenvalue weighted by atomic mass is 10.2. The van der Waals surface area contributed by atoms with E-state index >= 15 is 0 Å². The van der Waals surface area contributed by atoms with E-state index in [1.165, 1.54) is 0 Å². The minimum Gasteiger partial charge on any atom is -0.444 e. The van der Waals surface area contributed by atoms with Crippen LogP contribution in [-0.4, -0.2) is 78.9 Å². The number of rotatable bonds is 6. The number of hydrogen-bond donors (Lipinski definition) is 1. The van der Waals surface area contributed by atoms with Crippen LogP contribution >= 0.6 is 24.0 Å². The lowest BCUT2D eigenvalue weighted by Crippen LogP contribution is -2.57. The second kappa shape index (κ2) is 10.5. The fourth-order valence-corrected chi connectivity index (χ4v) is 2.97. The summed E-state index contributed by atoms with van der Waals surface area (Å²) in [5, 5.41) is 3.44. The highest BCUT2D eigenvalue weighted by atomic mass is 127. The van der Waals surface area contributed by atoms with Crippen molar-refractivity contribution in [2.24, 2.45) is 4.99 Å². The van der Waals surface area contributed by atoms with Crippen LogP contribution in [0.25, 0.3) is 0 Å². The number of carbonyl (C=O) groups is 1. The topological polar surface area (TPSA) is 66.4 Å². The first kappa shape index (κ1) is 23.3. The van der Waals surface area contributed by atoms with Gasteiger partial charge in [0, 0.05) is 32.8 Å². The van der Waals surface area contributed by atoms with Crippen molar-refractivity contribution >= 4 is 36.0 Å². The van der Waals surface area contributed by atoms with Crippen molar-refractivity contribution in [1.82, 2.24) is 15.1 Å². The van der Waals surface area contributed by atoms with E-state index in [1.807, 2.05) is 20.8 Å². The van der Waals surface area contributed by atoms with Gasteiger partial charge in [-0.25, -0.2) is 4.79 Å². The van der Waals surface area contributed by atoms with Crippen LogP contribution < -0.4 is 5.32 Å². The molecule has 1 unspecified atom stereocenters. The van der Waals surface area contributed by atoms with Crippen molar-refractivity contribution in [1.29, 1.82) is 0 Å². The van der Waals surface area contributed by atoms with Crippen LogP contribution in [0.15, 0.2) is 4.99 Å². The van der Waals surface area contributed by atoms with E-state index in [-0.39, 0.29) is 36.1 Å². The summed E-state index contributed by atoms with van der Waals surface area (Å²) >= 11 is 0. The van der Waals surface area contributed by atoms with Crippen LogP contribution in [0.5, 0.6) is 0 Å². The van der Waals surface area contributed by atoms with Crippen molar-refractivity contribution in [3.63, 3.8) is 0 Å². The zero-order chi connectivity index (χ0) is 18.4. The number of halogens is 1. The summed E-state index contributed by atoms with van der Waals surface area (Å²) < 4.78 is 11.0. The fraction of sp³-hybridized carbons (Fsp3) is 0.889. The zero-order valence-electron chi connectivity index (χ0n) is 16.8. The predicted octanol–water partition coefficient (Wildman–Crippen LogP) is 2.69. The van der Waals surface area contributed by atoms with Gasteiger partial charge in [-0.3, -0.25) is 4.99 Å². The second-order valence-corrected chi connectivity index (χ2v) is 7.99. The number of aliphatic imine (C=N–C) groups is 1. The Morgan fingerprint density at radius 2 is 2.04 bits per heavy atom. The van der Waals surface area contributed by atoms with Gasteiger partial charge in [-0.1, -0.05) is 0 Å². The molecule has 0 radical (unpaired) electrons. The van der Waals surface area contributed by atoms with Gasteiger partial charge in [0.15, 0.2) is 5.96 Å². The minimum absolute atomic E-state index is 0. The van der Waals surface area contributed by atoms with Crippen LogP contribution in [-0.2, 0) is 9.47 Å². The summed E-state index contributed by atoms with van der Waals surface area (Å²) in [5.41, 5.74) is -0.452. The molecule has 1 saturated heterocycles. The predicted molar refractivity (Wildman–Crippen MR) is 114 cm³/mol. The van der Waals surface area contributed by atoms with Gasteiger partial charge in [-0.2, -0.15) is 0 Å². The molecule has 2 rings (SSSR count). The molecule has 26 heavy (non-hydrogen) atoms. The molecule has 0 spiro atoms. The number of amides is 1. The normalized spacial score (nSPS) is 19.8. The van der Waals surface area contributed by atoms with Crippen LogP contribution in [0.4, 0.5) is 4.79 Å². The number of nitrogens with one attached hydrogen (secondary N) is 1. The highest BCUT2D eigenvalue weighted by Crippen LogP contribution is 2.18. The standard InChI is InChI=1S/C18H34N4O3.HI/c1-14(2)24-11-7-6-8-19-16-20-12-15-13-21(9-10-22(15)16)17(23)25-18(3,4)5;/h14-15H,6-13H2,1-5H3,(H,19,20);1H. The van der Waals surface area contributed by atoms with E-state index < -0.39 is 5.60 Å². The summed E-state index contributed by atoms with van der Waals surface area (Å²) in [6, 6.07) is 0.257. The number of fused-ring (bicyclic) bond motifs is 1. The first-order valence-corrected chi connectivity index (χ1v) is 9.41. The van der Waals surface area contributed by atoms with Gasteiger partial charge in [0.05, 0.1) is 18.7 Å². The molecule has 0 aromatic rings. The van der Waals surface area contributed by atoms with Gasteiger partial charge in [0.25, 0.3) is 0 Å². The molecule has 2 heterocycles. The van der Waals surface area contributed by atoms with Crippen molar-refractivity contribution < 1.29 is 14.3 Å². The molecule has 2 aliphatic heterocycles. The molecule has 8 heteroatoms. The third kappa shape index (κ3) is 7.46. The fourth-order valence-electron chi connectivity index (χ4n) is 2.97. The lowest BCUT2D eigenvalue weighted by Gasteiger charge is -2.39. The number of unbranched alkanes of at least 4 members (excludes halogenated alkanes) is 1. The minimum atomic E-state index is -0.452. The molecule has 0 saturated carbocycles. The average Bonchev–Trinajstić information content (AvgIpc) is 2.91. The Hall–Kier alpha value is -0.770. The van der Waals surface area contributed by atoms with Gasteiger partial charge in [0.1, 0.15) is 5.60 Å². The Bertz CT molecular complexity index is 480. The number of nitrogens with zero attached hydrogens (tertiary/aromatic N) is 3. The second-order valence-electron chi connectivity index (χ2n) is 7.99. The highest BCUT2D eigenvalue weighted by Gasteiger charge is 2.36. The number of piperazine rings is 1. The largest absolute Gasteiger partial charge is 0.444 e. The summed E-state index contributed by atoms with van der Waals surface area (Å²) in [7, 11) is 0. The molecular weight excluding hydrogens is 447 g/mol. The third-order valence-corrected chi connectivity index (χ3v) is 4.16. The summed E-state index contributed by atoms with van der Waals surface area (Å²) in [5.74, 6) is 0.971. The van der Waals surface area contributed by atoms with Gasteiger partial charge in [-0.15, -0.1) is 24.0 Å².